The van der Waals surface area contributed by atoms with E-state index in [4.69, 9.17) is 14.2 Å². The van der Waals surface area contributed by atoms with Gasteiger partial charge in [0.25, 0.3) is 0 Å². The molecule has 1 fully saturated rings. The minimum absolute atomic E-state index is 0.0193. The topological polar surface area (TPSA) is 55.9 Å². The normalized spacial score (nSPS) is 14.1. The maximum Gasteiger partial charge on any atom is 0.416 e. The average Bonchev–Trinajstić information content (AvgIpc) is 2.99. The Bertz CT molecular complexity index is 1510. The molecular weight excluding hydrogens is 570 g/mol. The van der Waals surface area contributed by atoms with Gasteiger partial charge in [-0.2, -0.15) is 13.2 Å². The molecule has 0 atom stereocenters. The first-order valence-electron chi connectivity index (χ1n) is 13.7. The van der Waals surface area contributed by atoms with E-state index in [-0.39, 0.29) is 5.75 Å². The molecule has 5 rings (SSSR count). The molecule has 1 aliphatic rings. The van der Waals surface area contributed by atoms with Gasteiger partial charge in [-0.3, -0.25) is 4.98 Å². The Labute approximate surface area is 246 Å². The van der Waals surface area contributed by atoms with Crippen LogP contribution in [0.25, 0.3) is 10.9 Å². The van der Waals surface area contributed by atoms with Crippen LogP contribution in [0.4, 0.5) is 23.2 Å². The van der Waals surface area contributed by atoms with E-state index in [2.05, 4.69) is 14.6 Å². The minimum Gasteiger partial charge on any atom is -0.493 e. The third-order valence-electron chi connectivity index (χ3n) is 6.91. The molecule has 0 bridgehead atoms. The molecule has 1 aromatic heterocycles. The SMILES string of the molecule is COc1cc2c(Oc3ccc(NSc4cccc(C(F)(F)F)c4)cc3F)ccnc2cc1OCCCN1CCCCC1. The molecule has 4 aromatic rings. The zero-order valence-electron chi connectivity index (χ0n) is 23.0. The highest BCUT2D eigenvalue weighted by Crippen LogP contribution is 2.38. The predicted octanol–water partition coefficient (Wildman–Crippen LogP) is 8.57. The summed E-state index contributed by atoms with van der Waals surface area (Å²) in [5.41, 5.74) is 0.220. The minimum atomic E-state index is -4.44. The van der Waals surface area contributed by atoms with Gasteiger partial charge >= 0.3 is 6.18 Å². The summed E-state index contributed by atoms with van der Waals surface area (Å²) in [6, 6.07) is 14.3. The fourth-order valence-electron chi connectivity index (χ4n) is 4.76. The lowest BCUT2D eigenvalue weighted by molar-refractivity contribution is -0.137. The molecule has 42 heavy (non-hydrogen) atoms. The number of nitrogens with zero attached hydrogens (tertiary/aromatic N) is 2. The monoisotopic (exact) mass is 601 g/mol. The van der Waals surface area contributed by atoms with Crippen LogP contribution in [-0.4, -0.2) is 43.2 Å². The Morgan fingerprint density at radius 1 is 0.929 bits per heavy atom. The van der Waals surface area contributed by atoms with E-state index in [0.29, 0.717) is 45.3 Å². The van der Waals surface area contributed by atoms with Crippen molar-refractivity contribution in [3.05, 3.63) is 78.2 Å². The number of piperidine rings is 1. The molecule has 0 radical (unpaired) electrons. The van der Waals surface area contributed by atoms with E-state index in [1.54, 1.807) is 37.6 Å². The van der Waals surface area contributed by atoms with E-state index in [0.717, 1.165) is 50.1 Å². The number of rotatable bonds is 11. The molecule has 0 spiro atoms. The van der Waals surface area contributed by atoms with Crippen LogP contribution in [-0.2, 0) is 6.18 Å². The number of alkyl halides is 3. The number of methoxy groups -OCH3 is 1. The lowest BCUT2D eigenvalue weighted by Gasteiger charge is -2.26. The van der Waals surface area contributed by atoms with Gasteiger partial charge in [-0.05, 0) is 86.8 Å². The fraction of sp³-hybridized carbons (Fsp3) is 0.323. The van der Waals surface area contributed by atoms with Crippen LogP contribution in [0.2, 0.25) is 0 Å². The largest absolute Gasteiger partial charge is 0.493 e. The van der Waals surface area contributed by atoms with Gasteiger partial charge in [0, 0.05) is 40.8 Å². The molecule has 1 aliphatic heterocycles. The highest BCUT2D eigenvalue weighted by atomic mass is 32.2. The third-order valence-corrected chi connectivity index (χ3v) is 7.74. The number of fused-ring (bicyclic) bond motifs is 1. The number of hydrogen-bond donors (Lipinski definition) is 1. The van der Waals surface area contributed by atoms with E-state index >= 15 is 4.39 Å². The van der Waals surface area contributed by atoms with Gasteiger partial charge in [0.05, 0.1) is 24.8 Å². The maximum absolute atomic E-state index is 15.0. The van der Waals surface area contributed by atoms with E-state index in [9.17, 15) is 13.2 Å². The van der Waals surface area contributed by atoms with Crippen molar-refractivity contribution < 1.29 is 31.8 Å². The number of halogens is 4. The zero-order chi connectivity index (χ0) is 29.5. The molecule has 0 aliphatic carbocycles. The lowest BCUT2D eigenvalue weighted by atomic mass is 10.1. The van der Waals surface area contributed by atoms with E-state index < -0.39 is 17.6 Å². The second-order valence-electron chi connectivity index (χ2n) is 9.91. The molecule has 222 valence electrons. The average molecular weight is 602 g/mol. The summed E-state index contributed by atoms with van der Waals surface area (Å²) in [5.74, 6) is 0.815. The Kier molecular flexibility index (Phi) is 9.58. The van der Waals surface area contributed by atoms with Gasteiger partial charge in [-0.15, -0.1) is 0 Å². The van der Waals surface area contributed by atoms with Gasteiger partial charge in [-0.1, -0.05) is 12.5 Å². The van der Waals surface area contributed by atoms with E-state index in [1.807, 2.05) is 0 Å². The van der Waals surface area contributed by atoms with Gasteiger partial charge in [0.1, 0.15) is 5.75 Å². The molecule has 0 amide bonds. The highest BCUT2D eigenvalue weighted by Gasteiger charge is 2.30. The quantitative estimate of drug-likeness (QED) is 0.105. The molecule has 0 saturated carbocycles. The van der Waals surface area contributed by atoms with Crippen molar-refractivity contribution in [2.75, 3.05) is 38.1 Å². The van der Waals surface area contributed by atoms with Crippen molar-refractivity contribution in [2.24, 2.45) is 0 Å². The van der Waals surface area contributed by atoms with Crippen molar-refractivity contribution >= 4 is 28.5 Å². The number of likely N-dealkylation sites (tertiary alicyclic amines) is 1. The molecule has 1 N–H and O–H groups in total. The van der Waals surface area contributed by atoms with Crippen LogP contribution in [0.3, 0.4) is 0 Å². The van der Waals surface area contributed by atoms with Gasteiger partial charge in [-0.25, -0.2) is 4.39 Å². The summed E-state index contributed by atoms with van der Waals surface area (Å²) in [5, 5.41) is 0.622. The summed E-state index contributed by atoms with van der Waals surface area (Å²) in [6.07, 6.45) is 1.85. The predicted molar refractivity (Wildman–Crippen MR) is 156 cm³/mol. The molecule has 2 heterocycles. The first-order chi connectivity index (χ1) is 20.3. The van der Waals surface area contributed by atoms with Crippen molar-refractivity contribution in [1.82, 2.24) is 9.88 Å². The van der Waals surface area contributed by atoms with Crippen molar-refractivity contribution in [3.63, 3.8) is 0 Å². The number of anilines is 1. The first kappa shape index (κ1) is 29.8. The molecular formula is C31H31F4N3O3S. The first-order valence-corrected chi connectivity index (χ1v) is 14.5. The van der Waals surface area contributed by atoms with Gasteiger partial charge in [0.2, 0.25) is 0 Å². The van der Waals surface area contributed by atoms with Crippen LogP contribution in [0.1, 0.15) is 31.2 Å². The van der Waals surface area contributed by atoms with Gasteiger partial charge < -0.3 is 23.8 Å². The molecule has 6 nitrogen and oxygen atoms in total. The van der Waals surface area contributed by atoms with Crippen molar-refractivity contribution in [3.8, 4) is 23.0 Å². The number of benzene rings is 3. The van der Waals surface area contributed by atoms with Crippen LogP contribution in [0, 0.1) is 5.82 Å². The number of pyridine rings is 1. The molecule has 11 heteroatoms. The summed E-state index contributed by atoms with van der Waals surface area (Å²) in [7, 11) is 1.56. The Hall–Kier alpha value is -3.70. The summed E-state index contributed by atoms with van der Waals surface area (Å²) in [6.45, 7) is 3.83. The fourth-order valence-corrected chi connectivity index (χ4v) is 5.46. The number of ether oxygens (including phenoxy) is 3. The lowest BCUT2D eigenvalue weighted by Crippen LogP contribution is -2.31. The molecule has 0 unspecified atom stereocenters. The van der Waals surface area contributed by atoms with E-state index in [1.165, 1.54) is 43.5 Å². The van der Waals surface area contributed by atoms with Crippen molar-refractivity contribution in [2.45, 2.75) is 36.8 Å². The second-order valence-corrected chi connectivity index (χ2v) is 10.8. The second kappa shape index (κ2) is 13.5. The number of aromatic nitrogens is 1. The Morgan fingerprint density at radius 2 is 1.76 bits per heavy atom. The summed E-state index contributed by atoms with van der Waals surface area (Å²) < 4.78 is 74.3. The molecule has 1 saturated heterocycles. The van der Waals surface area contributed by atoms with Crippen LogP contribution in [0.5, 0.6) is 23.0 Å². The van der Waals surface area contributed by atoms with Crippen LogP contribution >= 0.6 is 11.9 Å². The van der Waals surface area contributed by atoms with Gasteiger partial charge in [0.15, 0.2) is 23.1 Å². The summed E-state index contributed by atoms with van der Waals surface area (Å²) >= 11 is 0.950. The van der Waals surface area contributed by atoms with Crippen LogP contribution in [0.15, 0.2) is 71.8 Å². The molecule has 3 aromatic carbocycles. The highest BCUT2D eigenvalue weighted by molar-refractivity contribution is 8.00. The Morgan fingerprint density at radius 3 is 2.52 bits per heavy atom. The maximum atomic E-state index is 15.0. The number of nitrogens with one attached hydrogen (secondary N) is 1. The van der Waals surface area contributed by atoms with Crippen LogP contribution < -0.4 is 18.9 Å². The smallest absolute Gasteiger partial charge is 0.416 e. The standard InChI is InChI=1S/C31H31F4N3O3S/c1-39-29-19-24-26(20-30(29)40-16-6-15-38-13-3-2-4-14-38)36-12-11-27(24)41-28-10-9-22(18-25(28)32)37-42-23-8-5-7-21(17-23)31(33,34)35/h5,7-12,17-20,37H,2-4,6,13-16H2,1H3. The Balaban J connectivity index is 1.24. The zero-order valence-corrected chi connectivity index (χ0v) is 23.9. The third kappa shape index (κ3) is 7.57. The van der Waals surface area contributed by atoms with Crippen molar-refractivity contribution in [1.29, 1.82) is 0 Å². The number of hydrogen-bond acceptors (Lipinski definition) is 7. The summed E-state index contributed by atoms with van der Waals surface area (Å²) in [4.78, 5) is 7.24.